The van der Waals surface area contributed by atoms with Crippen molar-refractivity contribution in [1.82, 2.24) is 0 Å². The summed E-state index contributed by atoms with van der Waals surface area (Å²) in [6.45, 7) is 0.558. The SMILES string of the molecule is N#CCCOC1=CCCCC1. The molecule has 0 fully saturated rings. The smallest absolute Gasteiger partial charge is 0.101 e. The molecule has 2 heteroatoms. The Morgan fingerprint density at radius 2 is 2.45 bits per heavy atom. The summed E-state index contributed by atoms with van der Waals surface area (Å²) < 4.78 is 5.36. The minimum absolute atomic E-state index is 0.497. The van der Waals surface area contributed by atoms with E-state index < -0.39 is 0 Å². The summed E-state index contributed by atoms with van der Waals surface area (Å²) in [7, 11) is 0. The summed E-state index contributed by atoms with van der Waals surface area (Å²) in [6, 6.07) is 2.06. The molecule has 0 aromatic rings. The van der Waals surface area contributed by atoms with Crippen LogP contribution in [0.1, 0.15) is 32.1 Å². The fourth-order valence-corrected chi connectivity index (χ4v) is 1.17. The molecule has 0 aliphatic heterocycles. The lowest BCUT2D eigenvalue weighted by Gasteiger charge is -2.12. The fraction of sp³-hybridized carbons (Fsp3) is 0.667. The van der Waals surface area contributed by atoms with Crippen molar-refractivity contribution in [2.45, 2.75) is 32.1 Å². The first-order chi connectivity index (χ1) is 5.43. The monoisotopic (exact) mass is 151 g/mol. The average molecular weight is 151 g/mol. The number of hydrogen-bond acceptors (Lipinski definition) is 2. The van der Waals surface area contributed by atoms with Crippen LogP contribution >= 0.6 is 0 Å². The highest BCUT2D eigenvalue weighted by molar-refractivity contribution is 4.96. The largest absolute Gasteiger partial charge is 0.497 e. The Morgan fingerprint density at radius 3 is 3.09 bits per heavy atom. The van der Waals surface area contributed by atoms with Gasteiger partial charge in [0.2, 0.25) is 0 Å². The van der Waals surface area contributed by atoms with Gasteiger partial charge in [0.1, 0.15) is 6.61 Å². The molecule has 11 heavy (non-hydrogen) atoms. The van der Waals surface area contributed by atoms with Crippen LogP contribution in [0.25, 0.3) is 0 Å². The van der Waals surface area contributed by atoms with Gasteiger partial charge in [-0.1, -0.05) is 0 Å². The molecule has 0 atom stereocenters. The van der Waals surface area contributed by atoms with Crippen LogP contribution in [0, 0.1) is 11.3 Å². The second kappa shape index (κ2) is 4.79. The molecule has 0 spiro atoms. The lowest BCUT2D eigenvalue weighted by atomic mass is 10.1. The third kappa shape index (κ3) is 3.08. The van der Waals surface area contributed by atoms with Gasteiger partial charge in [0.05, 0.1) is 18.2 Å². The highest BCUT2D eigenvalue weighted by atomic mass is 16.5. The van der Waals surface area contributed by atoms with E-state index in [-0.39, 0.29) is 0 Å². The zero-order valence-corrected chi connectivity index (χ0v) is 6.68. The van der Waals surface area contributed by atoms with Gasteiger partial charge in [-0.15, -0.1) is 0 Å². The zero-order valence-electron chi connectivity index (χ0n) is 6.68. The van der Waals surface area contributed by atoms with Crippen LogP contribution in [-0.4, -0.2) is 6.61 Å². The topological polar surface area (TPSA) is 33.0 Å². The quantitative estimate of drug-likeness (QED) is 0.580. The second-order valence-electron chi connectivity index (χ2n) is 2.67. The van der Waals surface area contributed by atoms with Gasteiger partial charge in [0, 0.05) is 6.42 Å². The molecule has 0 heterocycles. The summed E-state index contributed by atoms with van der Waals surface area (Å²) in [6.07, 6.45) is 7.36. The van der Waals surface area contributed by atoms with Crippen LogP contribution in [0.5, 0.6) is 0 Å². The van der Waals surface area contributed by atoms with Crippen LogP contribution < -0.4 is 0 Å². The van der Waals surface area contributed by atoms with Crippen LogP contribution in [0.3, 0.4) is 0 Å². The van der Waals surface area contributed by atoms with Crippen molar-refractivity contribution in [3.05, 3.63) is 11.8 Å². The minimum atomic E-state index is 0.497. The van der Waals surface area contributed by atoms with E-state index in [9.17, 15) is 0 Å². The maximum atomic E-state index is 8.25. The first kappa shape index (κ1) is 8.13. The fourth-order valence-electron chi connectivity index (χ4n) is 1.17. The molecular formula is C9H13NO. The normalized spacial score (nSPS) is 16.8. The zero-order chi connectivity index (χ0) is 7.94. The molecule has 1 aliphatic rings. The molecule has 0 saturated carbocycles. The first-order valence-electron chi connectivity index (χ1n) is 4.12. The van der Waals surface area contributed by atoms with Crippen LogP contribution in [0.4, 0.5) is 0 Å². The van der Waals surface area contributed by atoms with E-state index in [4.69, 9.17) is 10.00 Å². The Kier molecular flexibility index (Phi) is 3.54. The molecule has 0 aromatic carbocycles. The Labute approximate surface area is 67.5 Å². The van der Waals surface area contributed by atoms with Gasteiger partial charge in [-0.25, -0.2) is 0 Å². The number of nitriles is 1. The Hall–Kier alpha value is -0.970. The highest BCUT2D eigenvalue weighted by Crippen LogP contribution is 2.17. The van der Waals surface area contributed by atoms with E-state index in [1.807, 2.05) is 0 Å². The number of nitrogens with zero attached hydrogens (tertiary/aromatic N) is 1. The van der Waals surface area contributed by atoms with Crippen molar-refractivity contribution < 1.29 is 4.74 Å². The lowest BCUT2D eigenvalue weighted by Crippen LogP contribution is -1.98. The molecule has 0 N–H and O–H groups in total. The number of allylic oxidation sites excluding steroid dienone is 2. The summed E-state index contributed by atoms with van der Waals surface area (Å²) in [5.74, 6) is 1.09. The van der Waals surface area contributed by atoms with Gasteiger partial charge in [0.15, 0.2) is 0 Å². The first-order valence-corrected chi connectivity index (χ1v) is 4.12. The Morgan fingerprint density at radius 1 is 1.55 bits per heavy atom. The van der Waals surface area contributed by atoms with Crippen molar-refractivity contribution in [2.75, 3.05) is 6.61 Å². The third-order valence-corrected chi connectivity index (χ3v) is 1.75. The van der Waals surface area contributed by atoms with E-state index in [1.165, 1.54) is 12.8 Å². The second-order valence-corrected chi connectivity index (χ2v) is 2.67. The summed E-state index contributed by atoms with van der Waals surface area (Å²) in [4.78, 5) is 0. The maximum Gasteiger partial charge on any atom is 0.101 e. The molecule has 0 bridgehead atoms. The summed E-state index contributed by atoms with van der Waals surface area (Å²) in [5.41, 5.74) is 0. The summed E-state index contributed by atoms with van der Waals surface area (Å²) in [5, 5.41) is 8.25. The third-order valence-electron chi connectivity index (χ3n) is 1.75. The predicted molar refractivity (Wildman–Crippen MR) is 42.7 cm³/mol. The van der Waals surface area contributed by atoms with Gasteiger partial charge in [-0.3, -0.25) is 0 Å². The van der Waals surface area contributed by atoms with Crippen molar-refractivity contribution >= 4 is 0 Å². The van der Waals surface area contributed by atoms with Crippen LogP contribution in [-0.2, 0) is 4.74 Å². The Balaban J connectivity index is 2.15. The maximum absolute atomic E-state index is 8.25. The van der Waals surface area contributed by atoms with Gasteiger partial charge in [-0.05, 0) is 25.3 Å². The minimum Gasteiger partial charge on any atom is -0.497 e. The average Bonchev–Trinajstić information content (AvgIpc) is 2.07. The number of hydrogen-bond donors (Lipinski definition) is 0. The molecule has 0 aromatic heterocycles. The predicted octanol–water partition coefficient (Wildman–Crippen LogP) is 2.37. The molecule has 1 rings (SSSR count). The molecule has 0 amide bonds. The molecule has 60 valence electrons. The van der Waals surface area contributed by atoms with E-state index in [0.717, 1.165) is 18.6 Å². The van der Waals surface area contributed by atoms with Crippen molar-refractivity contribution in [3.63, 3.8) is 0 Å². The van der Waals surface area contributed by atoms with Crippen LogP contribution in [0.2, 0.25) is 0 Å². The van der Waals surface area contributed by atoms with E-state index in [2.05, 4.69) is 12.1 Å². The number of rotatable bonds is 3. The van der Waals surface area contributed by atoms with E-state index in [1.54, 1.807) is 0 Å². The Bertz CT molecular complexity index is 178. The molecule has 0 saturated heterocycles. The van der Waals surface area contributed by atoms with Gasteiger partial charge < -0.3 is 4.74 Å². The summed E-state index contributed by atoms with van der Waals surface area (Å²) >= 11 is 0. The van der Waals surface area contributed by atoms with Crippen LogP contribution in [0.15, 0.2) is 11.8 Å². The highest BCUT2D eigenvalue weighted by Gasteiger charge is 2.02. The molecule has 0 radical (unpaired) electrons. The van der Waals surface area contributed by atoms with Gasteiger partial charge >= 0.3 is 0 Å². The van der Waals surface area contributed by atoms with E-state index >= 15 is 0 Å². The number of ether oxygens (including phenoxy) is 1. The van der Waals surface area contributed by atoms with Crippen molar-refractivity contribution in [2.24, 2.45) is 0 Å². The standard InChI is InChI=1S/C9H13NO/c10-7-4-8-11-9-5-2-1-3-6-9/h5H,1-4,6,8H2. The lowest BCUT2D eigenvalue weighted by molar-refractivity contribution is 0.201. The van der Waals surface area contributed by atoms with E-state index in [0.29, 0.717) is 13.0 Å². The van der Waals surface area contributed by atoms with Crippen molar-refractivity contribution in [1.29, 1.82) is 5.26 Å². The molecule has 0 unspecified atom stereocenters. The van der Waals surface area contributed by atoms with Gasteiger partial charge in [-0.2, -0.15) is 5.26 Å². The molecular weight excluding hydrogens is 138 g/mol. The van der Waals surface area contributed by atoms with Crippen molar-refractivity contribution in [3.8, 4) is 6.07 Å². The van der Waals surface area contributed by atoms with Gasteiger partial charge in [0.25, 0.3) is 0 Å². The molecule has 1 aliphatic carbocycles. The molecule has 2 nitrogen and oxygen atoms in total.